The zero-order chi connectivity index (χ0) is 19.2. The summed E-state index contributed by atoms with van der Waals surface area (Å²) in [6.07, 6.45) is 0. The fourth-order valence-electron chi connectivity index (χ4n) is 3.13. The molecule has 1 amide bonds. The third-order valence-electron chi connectivity index (χ3n) is 4.63. The molecule has 0 aromatic heterocycles. The molecule has 142 valence electrons. The third-order valence-corrected chi connectivity index (χ3v) is 4.63. The Labute approximate surface area is 159 Å². The molecule has 0 aliphatic carbocycles. The maximum Gasteiger partial charge on any atom is 0.338 e. The lowest BCUT2D eigenvalue weighted by atomic mass is 10.1. The highest BCUT2D eigenvalue weighted by Gasteiger charge is 2.22. The minimum absolute atomic E-state index is 0.0196. The van der Waals surface area contributed by atoms with Crippen molar-refractivity contribution in [2.24, 2.45) is 0 Å². The highest BCUT2D eigenvalue weighted by atomic mass is 16.5. The molecule has 0 radical (unpaired) electrons. The predicted molar refractivity (Wildman–Crippen MR) is 104 cm³/mol. The second kappa shape index (κ2) is 8.58. The normalized spacial score (nSPS) is 14.0. The highest BCUT2D eigenvalue weighted by molar-refractivity contribution is 5.94. The van der Waals surface area contributed by atoms with E-state index in [2.05, 4.69) is 4.90 Å². The Bertz CT molecular complexity index is 796. The molecule has 6 heteroatoms. The van der Waals surface area contributed by atoms with Gasteiger partial charge in [-0.1, -0.05) is 6.07 Å². The summed E-state index contributed by atoms with van der Waals surface area (Å²) < 4.78 is 10.2. The van der Waals surface area contributed by atoms with Crippen molar-refractivity contribution in [3.8, 4) is 5.75 Å². The molecule has 1 fully saturated rings. The van der Waals surface area contributed by atoms with Gasteiger partial charge in [-0.15, -0.1) is 0 Å². The first-order chi connectivity index (χ1) is 13.1. The average Bonchev–Trinajstić information content (AvgIpc) is 2.73. The Kier molecular flexibility index (Phi) is 5.96. The second-order valence-electron chi connectivity index (χ2n) is 6.28. The van der Waals surface area contributed by atoms with E-state index in [1.165, 1.54) is 0 Å². The van der Waals surface area contributed by atoms with E-state index >= 15 is 0 Å². The Morgan fingerprint density at radius 1 is 0.963 bits per heavy atom. The molecule has 0 atom stereocenters. The van der Waals surface area contributed by atoms with Gasteiger partial charge >= 0.3 is 5.97 Å². The molecule has 0 saturated carbocycles. The molecule has 27 heavy (non-hydrogen) atoms. The minimum atomic E-state index is -0.308. The molecule has 1 aliphatic rings. The van der Waals surface area contributed by atoms with Gasteiger partial charge in [0.2, 0.25) is 0 Å². The van der Waals surface area contributed by atoms with Crippen molar-refractivity contribution in [2.75, 3.05) is 44.8 Å². The molecule has 1 aliphatic heterocycles. The molecule has 0 unspecified atom stereocenters. The van der Waals surface area contributed by atoms with Crippen LogP contribution in [0.5, 0.6) is 5.75 Å². The van der Waals surface area contributed by atoms with Crippen LogP contribution in [-0.4, -0.2) is 56.7 Å². The van der Waals surface area contributed by atoms with Gasteiger partial charge in [-0.25, -0.2) is 4.79 Å². The number of esters is 1. The molecule has 0 bridgehead atoms. The standard InChI is InChI=1S/C21H24N2O4/c1-3-27-21(25)16-7-9-18(10-8-16)22-11-13-23(14-12-22)20(24)17-5-4-6-19(15-17)26-2/h4-10,15H,3,11-14H2,1-2H3. The largest absolute Gasteiger partial charge is 0.497 e. The number of amides is 1. The van der Waals surface area contributed by atoms with Crippen LogP contribution in [-0.2, 0) is 4.74 Å². The third kappa shape index (κ3) is 4.39. The molecule has 1 heterocycles. The van der Waals surface area contributed by atoms with Gasteiger partial charge in [-0.2, -0.15) is 0 Å². The number of methoxy groups -OCH3 is 1. The first-order valence-electron chi connectivity index (χ1n) is 9.08. The van der Waals surface area contributed by atoms with Gasteiger partial charge in [0, 0.05) is 37.4 Å². The molecule has 0 N–H and O–H groups in total. The van der Waals surface area contributed by atoms with Crippen LogP contribution in [0, 0.1) is 0 Å². The fourth-order valence-corrected chi connectivity index (χ4v) is 3.13. The van der Waals surface area contributed by atoms with E-state index < -0.39 is 0 Å². The van der Waals surface area contributed by atoms with Crippen LogP contribution >= 0.6 is 0 Å². The van der Waals surface area contributed by atoms with Crippen molar-refractivity contribution in [2.45, 2.75) is 6.92 Å². The van der Waals surface area contributed by atoms with Crippen molar-refractivity contribution in [1.29, 1.82) is 0 Å². The van der Waals surface area contributed by atoms with E-state index in [9.17, 15) is 9.59 Å². The molecule has 2 aromatic carbocycles. The number of rotatable bonds is 5. The number of hydrogen-bond acceptors (Lipinski definition) is 5. The van der Waals surface area contributed by atoms with Gasteiger partial charge in [0.15, 0.2) is 0 Å². The monoisotopic (exact) mass is 368 g/mol. The SMILES string of the molecule is CCOC(=O)c1ccc(N2CCN(C(=O)c3cccc(OC)c3)CC2)cc1. The summed E-state index contributed by atoms with van der Waals surface area (Å²) in [4.78, 5) is 28.5. The second-order valence-corrected chi connectivity index (χ2v) is 6.28. The van der Waals surface area contributed by atoms with Gasteiger partial charge in [-0.05, 0) is 49.4 Å². The lowest BCUT2D eigenvalue weighted by Crippen LogP contribution is -2.48. The highest BCUT2D eigenvalue weighted by Crippen LogP contribution is 2.20. The van der Waals surface area contributed by atoms with Crippen LogP contribution in [0.2, 0.25) is 0 Å². The van der Waals surface area contributed by atoms with E-state index in [4.69, 9.17) is 9.47 Å². The number of anilines is 1. The van der Waals surface area contributed by atoms with Crippen molar-refractivity contribution in [3.63, 3.8) is 0 Å². The summed E-state index contributed by atoms with van der Waals surface area (Å²) in [6, 6.07) is 14.6. The number of carbonyl (C=O) groups is 2. The van der Waals surface area contributed by atoms with Crippen LogP contribution in [0.1, 0.15) is 27.6 Å². The Balaban J connectivity index is 1.59. The molecule has 3 rings (SSSR count). The number of piperazine rings is 1. The summed E-state index contributed by atoms with van der Waals surface area (Å²) in [6.45, 7) is 4.94. The molecular formula is C21H24N2O4. The number of ether oxygens (including phenoxy) is 2. The van der Waals surface area contributed by atoms with Crippen LogP contribution in [0.4, 0.5) is 5.69 Å². The Hall–Kier alpha value is -3.02. The molecule has 0 spiro atoms. The quantitative estimate of drug-likeness (QED) is 0.760. The van der Waals surface area contributed by atoms with Gasteiger partial charge in [0.05, 0.1) is 19.3 Å². The molecule has 1 saturated heterocycles. The topological polar surface area (TPSA) is 59.1 Å². The summed E-state index contributed by atoms with van der Waals surface area (Å²) in [5.41, 5.74) is 2.23. The summed E-state index contributed by atoms with van der Waals surface area (Å²) >= 11 is 0. The summed E-state index contributed by atoms with van der Waals surface area (Å²) in [7, 11) is 1.59. The Morgan fingerprint density at radius 2 is 1.67 bits per heavy atom. The first-order valence-corrected chi connectivity index (χ1v) is 9.08. The van der Waals surface area contributed by atoms with Crippen LogP contribution in [0.15, 0.2) is 48.5 Å². The summed E-state index contributed by atoms with van der Waals surface area (Å²) in [5, 5.41) is 0. The Morgan fingerprint density at radius 3 is 2.30 bits per heavy atom. The van der Waals surface area contributed by atoms with Crippen LogP contribution < -0.4 is 9.64 Å². The predicted octanol–water partition coefficient (Wildman–Crippen LogP) is 2.83. The van der Waals surface area contributed by atoms with Crippen molar-refractivity contribution in [3.05, 3.63) is 59.7 Å². The summed E-state index contributed by atoms with van der Waals surface area (Å²) in [5.74, 6) is 0.394. The molecular weight excluding hydrogens is 344 g/mol. The van der Waals surface area contributed by atoms with Crippen LogP contribution in [0.3, 0.4) is 0 Å². The fraction of sp³-hybridized carbons (Fsp3) is 0.333. The van der Waals surface area contributed by atoms with Crippen molar-refractivity contribution < 1.29 is 19.1 Å². The number of hydrogen-bond donors (Lipinski definition) is 0. The van der Waals surface area contributed by atoms with Crippen LogP contribution in [0.25, 0.3) is 0 Å². The lowest BCUT2D eigenvalue weighted by molar-refractivity contribution is 0.0526. The van der Waals surface area contributed by atoms with E-state index in [0.29, 0.717) is 36.6 Å². The lowest BCUT2D eigenvalue weighted by Gasteiger charge is -2.36. The maximum atomic E-state index is 12.7. The number of benzene rings is 2. The van der Waals surface area contributed by atoms with Crippen molar-refractivity contribution in [1.82, 2.24) is 4.90 Å². The smallest absolute Gasteiger partial charge is 0.338 e. The van der Waals surface area contributed by atoms with Crippen molar-refractivity contribution >= 4 is 17.6 Å². The van der Waals surface area contributed by atoms with E-state index in [1.807, 2.05) is 35.2 Å². The zero-order valence-electron chi connectivity index (χ0n) is 15.7. The number of nitrogens with zero attached hydrogens (tertiary/aromatic N) is 2. The van der Waals surface area contributed by atoms with Gasteiger partial charge in [0.1, 0.15) is 5.75 Å². The van der Waals surface area contributed by atoms with E-state index in [1.54, 1.807) is 32.2 Å². The maximum absolute atomic E-state index is 12.7. The molecule has 6 nitrogen and oxygen atoms in total. The van der Waals surface area contributed by atoms with Gasteiger partial charge < -0.3 is 19.3 Å². The minimum Gasteiger partial charge on any atom is -0.497 e. The van der Waals surface area contributed by atoms with E-state index in [-0.39, 0.29) is 11.9 Å². The van der Waals surface area contributed by atoms with E-state index in [0.717, 1.165) is 18.8 Å². The average molecular weight is 368 g/mol. The van der Waals surface area contributed by atoms with Gasteiger partial charge in [0.25, 0.3) is 5.91 Å². The van der Waals surface area contributed by atoms with Gasteiger partial charge in [-0.3, -0.25) is 4.79 Å². The first kappa shape index (κ1) is 18.8. The molecule has 2 aromatic rings. The zero-order valence-corrected chi connectivity index (χ0v) is 15.7. The number of carbonyl (C=O) groups excluding carboxylic acids is 2.